The molecule has 92 valence electrons. The number of hydrogen-bond acceptors (Lipinski definition) is 2. The SMILES string of the molecule is NC(=O)C(NC1CCCC1)C1CCCCC1. The molecule has 2 aliphatic rings. The summed E-state index contributed by atoms with van der Waals surface area (Å²) in [6.07, 6.45) is 11.2. The summed E-state index contributed by atoms with van der Waals surface area (Å²) in [5, 5.41) is 3.51. The second kappa shape index (κ2) is 5.67. The summed E-state index contributed by atoms with van der Waals surface area (Å²) in [6, 6.07) is 0.475. The van der Waals surface area contributed by atoms with Crippen LogP contribution in [0.3, 0.4) is 0 Å². The van der Waals surface area contributed by atoms with Crippen molar-refractivity contribution in [3.63, 3.8) is 0 Å². The lowest BCUT2D eigenvalue weighted by Gasteiger charge is -2.31. The molecule has 3 N–H and O–H groups in total. The van der Waals surface area contributed by atoms with Gasteiger partial charge in [0.05, 0.1) is 6.04 Å². The lowest BCUT2D eigenvalue weighted by atomic mass is 9.83. The van der Waals surface area contributed by atoms with Gasteiger partial charge in [-0.05, 0) is 31.6 Å². The van der Waals surface area contributed by atoms with Gasteiger partial charge in [-0.3, -0.25) is 4.79 Å². The van der Waals surface area contributed by atoms with Gasteiger partial charge in [0.15, 0.2) is 0 Å². The molecule has 0 aliphatic heterocycles. The third-order valence-electron chi connectivity index (χ3n) is 4.20. The molecule has 0 aromatic heterocycles. The summed E-state index contributed by atoms with van der Waals surface area (Å²) in [4.78, 5) is 11.5. The zero-order valence-electron chi connectivity index (χ0n) is 10.1. The summed E-state index contributed by atoms with van der Waals surface area (Å²) in [6.45, 7) is 0. The molecule has 2 rings (SSSR count). The molecule has 0 saturated heterocycles. The molecule has 3 heteroatoms. The third kappa shape index (κ3) is 2.97. The van der Waals surface area contributed by atoms with Gasteiger partial charge in [-0.1, -0.05) is 32.1 Å². The first kappa shape index (κ1) is 11.9. The molecule has 0 bridgehead atoms. The van der Waals surface area contributed by atoms with Crippen LogP contribution in [0.1, 0.15) is 57.8 Å². The maximum Gasteiger partial charge on any atom is 0.234 e. The van der Waals surface area contributed by atoms with E-state index in [2.05, 4.69) is 5.32 Å². The second-order valence-corrected chi connectivity index (χ2v) is 5.43. The summed E-state index contributed by atoms with van der Waals surface area (Å²) in [5.74, 6) is 0.352. The van der Waals surface area contributed by atoms with Gasteiger partial charge < -0.3 is 11.1 Å². The maximum absolute atomic E-state index is 11.5. The molecular formula is C13H24N2O. The van der Waals surface area contributed by atoms with Gasteiger partial charge in [0.25, 0.3) is 0 Å². The molecule has 16 heavy (non-hydrogen) atoms. The molecule has 2 saturated carbocycles. The Labute approximate surface area is 98.2 Å². The van der Waals surface area contributed by atoms with Crippen molar-refractivity contribution >= 4 is 5.91 Å². The fourth-order valence-corrected chi connectivity index (χ4v) is 3.26. The van der Waals surface area contributed by atoms with E-state index in [9.17, 15) is 4.79 Å². The van der Waals surface area contributed by atoms with Gasteiger partial charge in [0.1, 0.15) is 0 Å². The highest BCUT2D eigenvalue weighted by Crippen LogP contribution is 2.28. The van der Waals surface area contributed by atoms with Crippen molar-refractivity contribution in [1.29, 1.82) is 0 Å². The predicted molar refractivity (Wildman–Crippen MR) is 64.9 cm³/mol. The first-order valence-corrected chi connectivity index (χ1v) is 6.83. The van der Waals surface area contributed by atoms with Gasteiger partial charge in [-0.25, -0.2) is 0 Å². The van der Waals surface area contributed by atoms with E-state index in [1.54, 1.807) is 0 Å². The van der Waals surface area contributed by atoms with Gasteiger partial charge in [0, 0.05) is 6.04 Å². The van der Waals surface area contributed by atoms with Crippen LogP contribution in [-0.4, -0.2) is 18.0 Å². The van der Waals surface area contributed by atoms with Crippen molar-refractivity contribution in [2.24, 2.45) is 11.7 Å². The number of nitrogens with one attached hydrogen (secondary N) is 1. The Morgan fingerprint density at radius 1 is 1.00 bits per heavy atom. The fourth-order valence-electron chi connectivity index (χ4n) is 3.26. The molecule has 0 radical (unpaired) electrons. The van der Waals surface area contributed by atoms with Crippen molar-refractivity contribution in [3.8, 4) is 0 Å². The Morgan fingerprint density at radius 2 is 1.56 bits per heavy atom. The molecule has 0 aromatic carbocycles. The first-order chi connectivity index (χ1) is 7.77. The van der Waals surface area contributed by atoms with E-state index in [0.29, 0.717) is 12.0 Å². The Balaban J connectivity index is 1.90. The van der Waals surface area contributed by atoms with Crippen LogP contribution >= 0.6 is 0 Å². The van der Waals surface area contributed by atoms with Crippen molar-refractivity contribution < 1.29 is 4.79 Å². The highest BCUT2D eigenvalue weighted by Gasteiger charge is 2.30. The zero-order valence-corrected chi connectivity index (χ0v) is 10.1. The van der Waals surface area contributed by atoms with E-state index < -0.39 is 0 Å². The van der Waals surface area contributed by atoms with E-state index in [1.165, 1.54) is 57.8 Å². The highest BCUT2D eigenvalue weighted by atomic mass is 16.1. The standard InChI is InChI=1S/C13H24N2O/c14-13(16)12(10-6-2-1-3-7-10)15-11-8-4-5-9-11/h10-12,15H,1-9H2,(H2,14,16). The average Bonchev–Trinajstić information content (AvgIpc) is 2.79. The Bertz CT molecular complexity index is 230. The molecule has 0 spiro atoms. The number of carbonyl (C=O) groups is 1. The van der Waals surface area contributed by atoms with Crippen LogP contribution in [0.5, 0.6) is 0 Å². The first-order valence-electron chi connectivity index (χ1n) is 6.83. The largest absolute Gasteiger partial charge is 0.368 e. The minimum atomic E-state index is -0.140. The maximum atomic E-state index is 11.5. The van der Waals surface area contributed by atoms with E-state index in [1.807, 2.05) is 0 Å². The van der Waals surface area contributed by atoms with Crippen LogP contribution < -0.4 is 11.1 Å². The Kier molecular flexibility index (Phi) is 4.22. The minimum absolute atomic E-state index is 0.0663. The molecule has 1 atom stereocenters. The van der Waals surface area contributed by atoms with Gasteiger partial charge in [-0.2, -0.15) is 0 Å². The molecule has 2 aliphatic carbocycles. The number of nitrogens with two attached hydrogens (primary N) is 1. The lowest BCUT2D eigenvalue weighted by molar-refractivity contribution is -0.121. The zero-order chi connectivity index (χ0) is 11.4. The van der Waals surface area contributed by atoms with E-state index in [4.69, 9.17) is 5.73 Å². The monoisotopic (exact) mass is 224 g/mol. The van der Waals surface area contributed by atoms with Crippen LogP contribution in [0.15, 0.2) is 0 Å². The molecule has 2 fully saturated rings. The van der Waals surface area contributed by atoms with Crippen molar-refractivity contribution in [2.45, 2.75) is 69.9 Å². The summed E-state index contributed by atoms with van der Waals surface area (Å²) < 4.78 is 0. The molecular weight excluding hydrogens is 200 g/mol. The van der Waals surface area contributed by atoms with E-state index in [-0.39, 0.29) is 11.9 Å². The van der Waals surface area contributed by atoms with Crippen molar-refractivity contribution in [2.75, 3.05) is 0 Å². The number of primary amides is 1. The van der Waals surface area contributed by atoms with Crippen molar-refractivity contribution in [3.05, 3.63) is 0 Å². The third-order valence-corrected chi connectivity index (χ3v) is 4.20. The predicted octanol–water partition coefficient (Wildman–Crippen LogP) is 1.95. The van der Waals surface area contributed by atoms with Crippen LogP contribution in [0.25, 0.3) is 0 Å². The highest BCUT2D eigenvalue weighted by molar-refractivity contribution is 5.80. The average molecular weight is 224 g/mol. The second-order valence-electron chi connectivity index (χ2n) is 5.43. The number of hydrogen-bond donors (Lipinski definition) is 2. The Morgan fingerprint density at radius 3 is 2.12 bits per heavy atom. The van der Waals surface area contributed by atoms with Gasteiger partial charge >= 0.3 is 0 Å². The van der Waals surface area contributed by atoms with Crippen LogP contribution in [0.2, 0.25) is 0 Å². The van der Waals surface area contributed by atoms with Crippen LogP contribution in [0.4, 0.5) is 0 Å². The van der Waals surface area contributed by atoms with Crippen LogP contribution in [0, 0.1) is 5.92 Å². The summed E-state index contributed by atoms with van der Waals surface area (Å²) in [5.41, 5.74) is 5.54. The molecule has 0 aromatic rings. The van der Waals surface area contributed by atoms with Gasteiger partial charge in [0.2, 0.25) is 5.91 Å². The Hall–Kier alpha value is -0.570. The van der Waals surface area contributed by atoms with Crippen LogP contribution in [-0.2, 0) is 4.79 Å². The molecule has 1 unspecified atom stereocenters. The summed E-state index contributed by atoms with van der Waals surface area (Å²) in [7, 11) is 0. The van der Waals surface area contributed by atoms with Crippen molar-refractivity contribution in [1.82, 2.24) is 5.32 Å². The number of rotatable bonds is 4. The van der Waals surface area contributed by atoms with E-state index >= 15 is 0 Å². The topological polar surface area (TPSA) is 55.1 Å². The minimum Gasteiger partial charge on any atom is -0.368 e. The lowest BCUT2D eigenvalue weighted by Crippen LogP contribution is -2.50. The quantitative estimate of drug-likeness (QED) is 0.767. The fraction of sp³-hybridized carbons (Fsp3) is 0.923. The van der Waals surface area contributed by atoms with E-state index in [0.717, 1.165) is 0 Å². The normalized spacial score (nSPS) is 25.8. The molecule has 3 nitrogen and oxygen atoms in total. The number of carbonyl (C=O) groups excluding carboxylic acids is 1. The van der Waals surface area contributed by atoms with Gasteiger partial charge in [-0.15, -0.1) is 0 Å². The number of amides is 1. The molecule has 0 heterocycles. The summed E-state index contributed by atoms with van der Waals surface area (Å²) >= 11 is 0. The molecule has 1 amide bonds. The smallest absolute Gasteiger partial charge is 0.234 e.